The Morgan fingerprint density at radius 3 is 2.58 bits per heavy atom. The number of aromatic nitrogens is 2. The molecule has 1 aliphatic rings. The molecule has 0 saturated heterocycles. The lowest BCUT2D eigenvalue weighted by Crippen LogP contribution is -2.41. The summed E-state index contributed by atoms with van der Waals surface area (Å²) in [5.74, 6) is 0.671. The number of anilines is 1. The fraction of sp³-hybridized carbons (Fsp3) is 0.421. The van der Waals surface area contributed by atoms with Crippen molar-refractivity contribution in [3.8, 4) is 11.8 Å². The van der Waals surface area contributed by atoms with Crippen molar-refractivity contribution in [2.45, 2.75) is 44.8 Å². The molecule has 3 rings (SSSR count). The number of hydrogen-bond donors (Lipinski definition) is 2. The van der Waals surface area contributed by atoms with E-state index < -0.39 is 0 Å². The van der Waals surface area contributed by atoms with Gasteiger partial charge in [0.15, 0.2) is 0 Å². The van der Waals surface area contributed by atoms with E-state index in [0.717, 1.165) is 25.7 Å². The Morgan fingerprint density at radius 1 is 1.12 bits per heavy atom. The molecule has 0 bridgehead atoms. The number of carbonyl (C=O) groups excluding carboxylic acids is 1. The molecule has 1 aliphatic carbocycles. The zero-order valence-electron chi connectivity index (χ0n) is 14.9. The number of benzene rings is 1. The van der Waals surface area contributed by atoms with Gasteiger partial charge in [-0.15, -0.1) is 0 Å². The molecule has 0 radical (unpaired) electrons. The normalized spacial score (nSPS) is 19.4. The fourth-order valence-corrected chi connectivity index (χ4v) is 3.02. The van der Waals surface area contributed by atoms with Crippen molar-refractivity contribution in [1.82, 2.24) is 15.3 Å². The Morgan fingerprint density at radius 2 is 1.85 bits per heavy atom. The van der Waals surface area contributed by atoms with Crippen LogP contribution in [0.1, 0.15) is 32.6 Å². The highest BCUT2D eigenvalue weighted by atomic mass is 16.5. The lowest BCUT2D eigenvalue weighted by molar-refractivity contribution is 0.129. The minimum atomic E-state index is -0.215. The fourth-order valence-electron chi connectivity index (χ4n) is 3.02. The second-order valence-corrected chi connectivity index (χ2v) is 6.15. The number of amides is 2. The molecule has 0 atom stereocenters. The Bertz CT molecular complexity index is 703. The van der Waals surface area contributed by atoms with Gasteiger partial charge in [0.05, 0.1) is 12.3 Å². The molecule has 7 nitrogen and oxygen atoms in total. The van der Waals surface area contributed by atoms with Crippen LogP contribution < -0.4 is 20.1 Å². The van der Waals surface area contributed by atoms with Crippen LogP contribution in [-0.2, 0) is 0 Å². The first-order valence-electron chi connectivity index (χ1n) is 8.97. The van der Waals surface area contributed by atoms with Crippen molar-refractivity contribution in [1.29, 1.82) is 0 Å². The quantitative estimate of drug-likeness (QED) is 0.829. The highest BCUT2D eigenvalue weighted by Crippen LogP contribution is 2.25. The van der Waals surface area contributed by atoms with Crippen molar-refractivity contribution in [3.63, 3.8) is 0 Å². The molecule has 1 fully saturated rings. The van der Waals surface area contributed by atoms with E-state index in [1.165, 1.54) is 0 Å². The van der Waals surface area contributed by atoms with Crippen molar-refractivity contribution >= 4 is 11.7 Å². The number of nitrogens with one attached hydrogen (secondary N) is 2. The third-order valence-corrected chi connectivity index (χ3v) is 4.26. The van der Waals surface area contributed by atoms with Gasteiger partial charge < -0.3 is 20.1 Å². The van der Waals surface area contributed by atoms with Crippen molar-refractivity contribution in [2.75, 3.05) is 11.9 Å². The number of urea groups is 1. The zero-order valence-corrected chi connectivity index (χ0v) is 14.9. The predicted octanol–water partition coefficient (Wildman–Crippen LogP) is 3.39. The molecule has 26 heavy (non-hydrogen) atoms. The topological polar surface area (TPSA) is 85.4 Å². The molecule has 2 aromatic rings. The van der Waals surface area contributed by atoms with Crippen LogP contribution in [0.4, 0.5) is 10.5 Å². The molecule has 2 amide bonds. The minimum Gasteiger partial charge on any atom is -0.492 e. The monoisotopic (exact) mass is 356 g/mol. The van der Waals surface area contributed by atoms with Crippen molar-refractivity contribution in [2.24, 2.45) is 0 Å². The summed E-state index contributed by atoms with van der Waals surface area (Å²) in [6.07, 6.45) is 6.87. The van der Waals surface area contributed by atoms with E-state index in [1.807, 2.05) is 31.2 Å². The second kappa shape index (κ2) is 9.03. The van der Waals surface area contributed by atoms with Gasteiger partial charge in [-0.2, -0.15) is 0 Å². The number of rotatable bonds is 6. The van der Waals surface area contributed by atoms with Crippen LogP contribution in [0.2, 0.25) is 0 Å². The average molecular weight is 356 g/mol. The van der Waals surface area contributed by atoms with Gasteiger partial charge in [-0.1, -0.05) is 12.1 Å². The van der Waals surface area contributed by atoms with Gasteiger partial charge in [0.2, 0.25) is 0 Å². The summed E-state index contributed by atoms with van der Waals surface area (Å²) in [5, 5.41) is 5.90. The number of hydrogen-bond acceptors (Lipinski definition) is 5. The number of nitrogens with zero attached hydrogens (tertiary/aromatic N) is 2. The van der Waals surface area contributed by atoms with E-state index >= 15 is 0 Å². The molecule has 7 heteroatoms. The third kappa shape index (κ3) is 5.08. The Balaban J connectivity index is 1.45. The molecule has 0 unspecified atom stereocenters. The van der Waals surface area contributed by atoms with Crippen LogP contribution in [0.3, 0.4) is 0 Å². The molecule has 138 valence electrons. The molecule has 0 spiro atoms. The van der Waals surface area contributed by atoms with Crippen LogP contribution in [0.5, 0.6) is 11.8 Å². The highest BCUT2D eigenvalue weighted by molar-refractivity contribution is 5.91. The van der Waals surface area contributed by atoms with Gasteiger partial charge in [0, 0.05) is 18.4 Å². The van der Waals surface area contributed by atoms with Gasteiger partial charge in [-0.25, -0.2) is 14.8 Å². The van der Waals surface area contributed by atoms with Crippen LogP contribution in [0.25, 0.3) is 0 Å². The van der Waals surface area contributed by atoms with E-state index in [4.69, 9.17) is 9.47 Å². The lowest BCUT2D eigenvalue weighted by Gasteiger charge is -2.28. The van der Waals surface area contributed by atoms with Crippen molar-refractivity contribution in [3.05, 3.63) is 42.7 Å². The summed E-state index contributed by atoms with van der Waals surface area (Å²) < 4.78 is 11.3. The molecular weight excluding hydrogens is 332 g/mol. The molecular formula is C19H24N4O3. The molecule has 1 aromatic carbocycles. The van der Waals surface area contributed by atoms with E-state index in [0.29, 0.717) is 24.1 Å². The maximum atomic E-state index is 12.3. The second-order valence-electron chi connectivity index (χ2n) is 6.15. The lowest BCUT2D eigenvalue weighted by atomic mass is 9.93. The standard InChI is InChI=1S/C19H24N4O3/c1-2-25-17-7-4-3-6-16(17)23-18(24)22-14-8-10-15(11-9-14)26-19-20-12-5-13-21-19/h3-7,12-15H,2,8-11H2,1H3,(H2,22,23,24). The molecule has 2 N–H and O–H groups in total. The maximum absolute atomic E-state index is 12.3. The van der Waals surface area contributed by atoms with E-state index in [9.17, 15) is 4.79 Å². The van der Waals surface area contributed by atoms with E-state index in [1.54, 1.807) is 18.5 Å². The SMILES string of the molecule is CCOc1ccccc1NC(=O)NC1CCC(Oc2ncccn2)CC1. The van der Waals surface area contributed by atoms with Crippen LogP contribution in [0.15, 0.2) is 42.7 Å². The number of carbonyl (C=O) groups is 1. The Kier molecular flexibility index (Phi) is 6.24. The number of para-hydroxylation sites is 2. The first kappa shape index (κ1) is 18.0. The summed E-state index contributed by atoms with van der Waals surface area (Å²) in [6.45, 7) is 2.47. The number of ether oxygens (including phenoxy) is 2. The Hall–Kier alpha value is -2.83. The largest absolute Gasteiger partial charge is 0.492 e. The first-order chi connectivity index (χ1) is 12.7. The molecule has 1 saturated carbocycles. The molecule has 0 aliphatic heterocycles. The zero-order chi connectivity index (χ0) is 18.2. The first-order valence-corrected chi connectivity index (χ1v) is 8.97. The van der Waals surface area contributed by atoms with Crippen LogP contribution in [-0.4, -0.2) is 34.8 Å². The van der Waals surface area contributed by atoms with Gasteiger partial charge >= 0.3 is 12.0 Å². The maximum Gasteiger partial charge on any atom is 0.319 e. The predicted molar refractivity (Wildman–Crippen MR) is 98.5 cm³/mol. The summed E-state index contributed by atoms with van der Waals surface area (Å²) in [4.78, 5) is 20.5. The summed E-state index contributed by atoms with van der Waals surface area (Å²) in [6, 6.07) is 9.50. The van der Waals surface area contributed by atoms with Gasteiger partial charge in [-0.05, 0) is 50.8 Å². The summed E-state index contributed by atoms with van der Waals surface area (Å²) in [7, 11) is 0. The van der Waals surface area contributed by atoms with Crippen LogP contribution in [0, 0.1) is 0 Å². The average Bonchev–Trinajstić information content (AvgIpc) is 2.66. The highest BCUT2D eigenvalue weighted by Gasteiger charge is 2.24. The Labute approximate surface area is 153 Å². The molecule has 1 heterocycles. The van der Waals surface area contributed by atoms with E-state index in [-0.39, 0.29) is 18.2 Å². The van der Waals surface area contributed by atoms with Gasteiger partial charge in [0.1, 0.15) is 11.9 Å². The van der Waals surface area contributed by atoms with E-state index in [2.05, 4.69) is 20.6 Å². The van der Waals surface area contributed by atoms with Crippen LogP contribution >= 0.6 is 0 Å². The third-order valence-electron chi connectivity index (χ3n) is 4.26. The minimum absolute atomic E-state index is 0.0946. The molecule has 1 aromatic heterocycles. The summed E-state index contributed by atoms with van der Waals surface area (Å²) >= 11 is 0. The van der Waals surface area contributed by atoms with Gasteiger partial charge in [0.25, 0.3) is 0 Å². The smallest absolute Gasteiger partial charge is 0.319 e. The van der Waals surface area contributed by atoms with Gasteiger partial charge in [-0.3, -0.25) is 0 Å². The van der Waals surface area contributed by atoms with Crippen molar-refractivity contribution < 1.29 is 14.3 Å². The summed E-state index contributed by atoms with van der Waals surface area (Å²) in [5.41, 5.74) is 0.671.